The lowest BCUT2D eigenvalue weighted by molar-refractivity contribution is -0.187. The molecule has 12 nitrogen and oxygen atoms in total. The minimum Gasteiger partial charge on any atom is -0.425 e. The Morgan fingerprint density at radius 1 is 0.517 bits per heavy atom. The lowest BCUT2D eigenvalue weighted by Crippen LogP contribution is -2.46. The van der Waals surface area contributed by atoms with E-state index in [0.29, 0.717) is 22.8 Å². The molecule has 0 aliphatic rings. The van der Waals surface area contributed by atoms with Crippen molar-refractivity contribution in [3.63, 3.8) is 0 Å². The molecular weight excluding hydrogens is 859 g/mol. The Bertz CT molecular complexity index is 1310. The topological polar surface area (TPSA) is 115 Å². The maximum Gasteiger partial charge on any atom is 0.471 e. The van der Waals surface area contributed by atoms with Gasteiger partial charge in [0, 0.05) is 71.0 Å². The van der Waals surface area contributed by atoms with Gasteiger partial charge in [-0.1, -0.05) is 13.3 Å². The number of amides is 4. The fourth-order valence-corrected chi connectivity index (χ4v) is 7.15. The molecule has 60 heavy (non-hydrogen) atoms. The van der Waals surface area contributed by atoms with E-state index in [0.717, 1.165) is 0 Å². The molecule has 0 fully saturated rings. The Morgan fingerprint density at radius 3 is 1.10 bits per heavy atom. The highest BCUT2D eigenvalue weighted by Crippen LogP contribution is 2.45. The minimum absolute atomic E-state index is 0.00461. The normalized spacial score (nSPS) is 13.3. The van der Waals surface area contributed by atoms with Crippen molar-refractivity contribution >= 4 is 38.6 Å². The second kappa shape index (κ2) is 27.0. The lowest BCUT2D eigenvalue weighted by atomic mass is 10.2. The number of rotatable bonds is 28. The van der Waals surface area contributed by atoms with Crippen LogP contribution >= 0.6 is 8.53 Å². The van der Waals surface area contributed by atoms with Crippen LogP contribution in [0.4, 0.5) is 52.7 Å². The summed E-state index contributed by atoms with van der Waals surface area (Å²) >= 11 is 0. The number of halogens is 12. The molecule has 0 aromatic rings. The molecule has 4 amide bonds. The van der Waals surface area contributed by atoms with Crippen molar-refractivity contribution in [2.45, 2.75) is 130 Å². The van der Waals surface area contributed by atoms with Crippen molar-refractivity contribution in [3.8, 4) is 0 Å². The zero-order valence-electron chi connectivity index (χ0n) is 34.6. The average Bonchev–Trinajstić information content (AvgIpc) is 3.12. The summed E-state index contributed by atoms with van der Waals surface area (Å²) in [4.78, 5) is 53.4. The van der Waals surface area contributed by atoms with Crippen molar-refractivity contribution in [1.82, 2.24) is 24.3 Å². The molecule has 0 spiro atoms. The molecule has 1 unspecified atom stereocenters. The maximum atomic E-state index is 13.5. The molecule has 0 aliphatic carbocycles. The first-order valence-electron chi connectivity index (χ1n) is 19.4. The van der Waals surface area contributed by atoms with Gasteiger partial charge in [0.25, 0.3) is 0 Å². The van der Waals surface area contributed by atoms with E-state index in [4.69, 9.17) is 9.05 Å². The fourth-order valence-electron chi connectivity index (χ4n) is 5.66. The van der Waals surface area contributed by atoms with Crippen LogP contribution in [-0.2, 0) is 28.2 Å². The van der Waals surface area contributed by atoms with Gasteiger partial charge < -0.3 is 28.6 Å². The van der Waals surface area contributed by atoms with E-state index < -0.39 is 128 Å². The minimum atomic E-state index is -5.45. The van der Waals surface area contributed by atoms with E-state index in [9.17, 15) is 71.9 Å². The average molecular weight is 917 g/mol. The van der Waals surface area contributed by atoms with Crippen molar-refractivity contribution in [3.05, 3.63) is 0 Å². The van der Waals surface area contributed by atoms with E-state index in [-0.39, 0.29) is 54.3 Å². The summed E-state index contributed by atoms with van der Waals surface area (Å²) in [5, 5.41) is 0. The molecule has 0 N–H and O–H groups in total. The zero-order chi connectivity index (χ0) is 46.5. The van der Waals surface area contributed by atoms with Gasteiger partial charge in [-0.3, -0.25) is 24.2 Å². The lowest BCUT2D eigenvalue weighted by Gasteiger charge is -2.34. The summed E-state index contributed by atoms with van der Waals surface area (Å²) in [5.41, 5.74) is 0. The van der Waals surface area contributed by atoms with E-state index in [1.165, 1.54) is 6.40 Å². The van der Waals surface area contributed by atoms with Crippen LogP contribution in [0.15, 0.2) is 4.99 Å². The van der Waals surface area contributed by atoms with Crippen LogP contribution in [0.1, 0.15) is 92.9 Å². The molecule has 0 aliphatic heterocycles. The van der Waals surface area contributed by atoms with Gasteiger partial charge in [0.05, 0.1) is 6.61 Å². The third-order valence-corrected chi connectivity index (χ3v) is 10.4. The largest absolute Gasteiger partial charge is 0.471 e. The Labute approximate surface area is 343 Å². The number of hydrogen-bond acceptors (Lipinski definition) is 8. The number of carbonyl (C=O) groups excluding carboxylic acids is 4. The predicted molar refractivity (Wildman–Crippen MR) is 198 cm³/mol. The number of nitrogens with zero attached hydrogens (tertiary/aromatic N) is 6. The fraction of sp³-hybridized carbons (Fsp3) is 0.857. The molecule has 0 rings (SSSR count). The summed E-state index contributed by atoms with van der Waals surface area (Å²) in [6.07, 6.45) is -21.5. The van der Waals surface area contributed by atoms with E-state index in [1.54, 1.807) is 13.8 Å². The van der Waals surface area contributed by atoms with Gasteiger partial charge in [0.15, 0.2) is 6.40 Å². The van der Waals surface area contributed by atoms with Gasteiger partial charge in [-0.15, -0.1) is 0 Å². The Kier molecular flexibility index (Phi) is 25.6. The summed E-state index contributed by atoms with van der Waals surface area (Å²) in [6.45, 7) is 6.16. The van der Waals surface area contributed by atoms with Crippen LogP contribution in [0.2, 0.25) is 0 Å². The first-order chi connectivity index (χ1) is 27.6. The van der Waals surface area contributed by atoms with E-state index in [1.807, 2.05) is 32.4 Å². The maximum absolute atomic E-state index is 13.5. The third kappa shape index (κ3) is 22.1. The monoisotopic (exact) mass is 916 g/mol. The Hall–Kier alpha value is -3.14. The number of unbranched alkanes of at least 4 members (excludes halogenated alkanes) is 3. The van der Waals surface area contributed by atoms with Crippen LogP contribution in [0, 0.1) is 0 Å². The van der Waals surface area contributed by atoms with E-state index >= 15 is 0 Å². The number of alkyl halides is 12. The van der Waals surface area contributed by atoms with Crippen LogP contribution in [-0.4, -0.2) is 157 Å². The molecular formula is C35H57F12N6O6P. The highest BCUT2D eigenvalue weighted by molar-refractivity contribution is 7.45. The predicted octanol–water partition coefficient (Wildman–Crippen LogP) is 8.12. The second-order valence-electron chi connectivity index (χ2n) is 14.0. The summed E-state index contributed by atoms with van der Waals surface area (Å²) in [6, 6.07) is -0.0348. The van der Waals surface area contributed by atoms with Gasteiger partial charge in [0.1, 0.15) is 0 Å². The molecule has 0 aromatic carbocycles. The van der Waals surface area contributed by atoms with Crippen molar-refractivity contribution in [2.24, 2.45) is 4.99 Å². The zero-order valence-corrected chi connectivity index (χ0v) is 35.5. The molecule has 352 valence electrons. The van der Waals surface area contributed by atoms with Crippen molar-refractivity contribution in [1.29, 1.82) is 0 Å². The standard InChI is InChI=1S/C35H57F12N6O6P/c1-7-9-16-49(28(54)32(36,37)38)20-14-21-50(29(55)33(39,40)41)17-10-11-18-51(30(56)34(42,43)44)22-15-23-52(31(57)35(45,46)47)19-12-13-24-58-60(59-25-48-8-2)53(26(3)4)27(5)6/h25-27H,7-24H2,1-6H3. The SMILES string of the molecule is CCCCN(CCCN(CCCCN(CCCN(CCCCOP(OC=NCC)N(C(C)C)C(C)C)C(=O)C(F)(F)F)C(=O)C(F)(F)F)C(=O)C(F)(F)F)C(=O)C(F)(F)F. The Morgan fingerprint density at radius 2 is 0.817 bits per heavy atom. The molecule has 1 atom stereocenters. The molecule has 0 saturated heterocycles. The quantitative estimate of drug-likeness (QED) is 0.0256. The second-order valence-corrected chi connectivity index (χ2v) is 15.4. The summed E-state index contributed by atoms with van der Waals surface area (Å²) < 4.78 is 173. The summed E-state index contributed by atoms with van der Waals surface area (Å²) in [7, 11) is -1.66. The molecule has 0 radical (unpaired) electrons. The van der Waals surface area contributed by atoms with Gasteiger partial charge >= 0.3 is 56.9 Å². The molecule has 0 bridgehead atoms. The smallest absolute Gasteiger partial charge is 0.425 e. The first kappa shape index (κ1) is 56.9. The molecule has 0 heterocycles. The first-order valence-corrected chi connectivity index (χ1v) is 20.5. The van der Waals surface area contributed by atoms with Gasteiger partial charge in [-0.25, -0.2) is 4.67 Å². The van der Waals surface area contributed by atoms with Crippen molar-refractivity contribution in [2.75, 3.05) is 65.5 Å². The summed E-state index contributed by atoms with van der Waals surface area (Å²) in [5.74, 6) is -9.28. The van der Waals surface area contributed by atoms with Crippen LogP contribution in [0.25, 0.3) is 0 Å². The Balaban J connectivity index is 5.67. The highest BCUT2D eigenvalue weighted by Gasteiger charge is 2.45. The van der Waals surface area contributed by atoms with Gasteiger partial charge in [-0.05, 0) is 79.6 Å². The highest BCUT2D eigenvalue weighted by atomic mass is 31.2. The number of hydrogen-bond donors (Lipinski definition) is 0. The van der Waals surface area contributed by atoms with Gasteiger partial charge in [0.2, 0.25) is 0 Å². The molecule has 25 heteroatoms. The van der Waals surface area contributed by atoms with Crippen LogP contribution in [0.5, 0.6) is 0 Å². The van der Waals surface area contributed by atoms with Crippen LogP contribution in [0.3, 0.4) is 0 Å². The van der Waals surface area contributed by atoms with Crippen LogP contribution < -0.4 is 0 Å². The van der Waals surface area contributed by atoms with Gasteiger partial charge in [-0.2, -0.15) is 52.7 Å². The van der Waals surface area contributed by atoms with E-state index in [2.05, 4.69) is 4.99 Å². The third-order valence-electron chi connectivity index (χ3n) is 8.38. The number of carbonyl (C=O) groups is 4. The van der Waals surface area contributed by atoms with Crippen molar-refractivity contribution < 1.29 is 80.9 Å². The molecule has 0 aromatic heterocycles. The number of aliphatic imine (C=N–C) groups is 1. The molecule has 0 saturated carbocycles.